The minimum Gasteiger partial charge on any atom is -0.399 e. The maximum Gasteiger partial charge on any atom is 0.217 e. The Morgan fingerprint density at radius 1 is 1.25 bits per heavy atom. The van der Waals surface area contributed by atoms with E-state index in [-0.39, 0.29) is 11.9 Å². The Bertz CT molecular complexity index is 604. The van der Waals surface area contributed by atoms with Crippen LogP contribution in [-0.4, -0.2) is 17.7 Å². The fourth-order valence-corrected chi connectivity index (χ4v) is 2.96. The van der Waals surface area contributed by atoms with Gasteiger partial charge in [-0.25, -0.2) is 4.98 Å². The first-order valence-corrected chi connectivity index (χ1v) is 8.61. The number of amides is 1. The van der Waals surface area contributed by atoms with Crippen molar-refractivity contribution in [3.05, 3.63) is 45.4 Å². The second kappa shape index (κ2) is 11.3. The van der Waals surface area contributed by atoms with Crippen molar-refractivity contribution in [1.29, 1.82) is 0 Å². The number of carbonyl (C=O) groups is 2. The van der Waals surface area contributed by atoms with Crippen molar-refractivity contribution in [2.24, 2.45) is 0 Å². The van der Waals surface area contributed by atoms with Gasteiger partial charge in [-0.15, -0.1) is 11.3 Å². The van der Waals surface area contributed by atoms with E-state index < -0.39 is 0 Å². The van der Waals surface area contributed by atoms with Gasteiger partial charge < -0.3 is 15.8 Å². The van der Waals surface area contributed by atoms with Crippen LogP contribution in [0.3, 0.4) is 0 Å². The van der Waals surface area contributed by atoms with Crippen LogP contribution in [0, 0.1) is 13.8 Å². The van der Waals surface area contributed by atoms with E-state index >= 15 is 0 Å². The van der Waals surface area contributed by atoms with E-state index in [1.165, 1.54) is 11.8 Å². The third kappa shape index (κ3) is 6.91. The van der Waals surface area contributed by atoms with Crippen molar-refractivity contribution in [2.75, 3.05) is 5.73 Å². The number of aryl methyl sites for hydroxylation is 2. The summed E-state index contributed by atoms with van der Waals surface area (Å²) in [6.45, 7) is 11.6. The van der Waals surface area contributed by atoms with Gasteiger partial charge >= 0.3 is 0 Å². The molecule has 1 amide bonds. The van der Waals surface area contributed by atoms with Gasteiger partial charge in [-0.2, -0.15) is 0 Å². The number of aromatic nitrogens is 1. The molecule has 0 saturated carbocycles. The highest BCUT2D eigenvalue weighted by molar-refractivity contribution is 7.11. The molecule has 1 aromatic carbocycles. The molecule has 0 fully saturated rings. The Kier molecular flexibility index (Phi) is 10.3. The Labute approximate surface area is 148 Å². The van der Waals surface area contributed by atoms with E-state index in [0.29, 0.717) is 6.42 Å². The van der Waals surface area contributed by atoms with E-state index in [9.17, 15) is 4.79 Å². The number of nitrogens with two attached hydrogens (primary N) is 1. The lowest BCUT2D eigenvalue weighted by Crippen LogP contribution is -2.27. The van der Waals surface area contributed by atoms with Crippen molar-refractivity contribution in [1.82, 2.24) is 10.3 Å². The number of rotatable bonds is 4. The van der Waals surface area contributed by atoms with Crippen LogP contribution >= 0.6 is 11.3 Å². The topological polar surface area (TPSA) is 85.1 Å². The smallest absolute Gasteiger partial charge is 0.217 e. The highest BCUT2D eigenvalue weighted by Gasteiger charge is 2.18. The highest BCUT2D eigenvalue weighted by Crippen LogP contribution is 2.25. The molecule has 0 bridgehead atoms. The summed E-state index contributed by atoms with van der Waals surface area (Å²) in [5.74, 6) is -0.0454. The van der Waals surface area contributed by atoms with Gasteiger partial charge in [-0.1, -0.05) is 26.0 Å². The van der Waals surface area contributed by atoms with Crippen LogP contribution in [0.1, 0.15) is 48.0 Å². The van der Waals surface area contributed by atoms with Gasteiger partial charge in [0.05, 0.1) is 11.7 Å². The van der Waals surface area contributed by atoms with Gasteiger partial charge in [0.25, 0.3) is 0 Å². The van der Waals surface area contributed by atoms with E-state index in [1.807, 2.05) is 58.7 Å². The third-order valence-corrected chi connectivity index (χ3v) is 4.33. The number of nitrogens with one attached hydrogen (secondary N) is 1. The fourth-order valence-electron chi connectivity index (χ4n) is 1.98. The number of nitrogens with zero attached hydrogens (tertiary/aromatic N) is 1. The van der Waals surface area contributed by atoms with Crippen molar-refractivity contribution < 1.29 is 9.59 Å². The van der Waals surface area contributed by atoms with E-state index in [2.05, 4.69) is 10.3 Å². The van der Waals surface area contributed by atoms with Crippen LogP contribution in [0.5, 0.6) is 0 Å². The number of nitrogen functional groups attached to an aromatic ring is 1. The predicted molar refractivity (Wildman–Crippen MR) is 101 cm³/mol. The van der Waals surface area contributed by atoms with Crippen LogP contribution in [0.4, 0.5) is 5.69 Å². The summed E-state index contributed by atoms with van der Waals surface area (Å²) in [5.41, 5.74) is 8.59. The molecule has 3 N–H and O–H groups in total. The summed E-state index contributed by atoms with van der Waals surface area (Å²) in [5, 5.41) is 3.93. The first-order valence-electron chi connectivity index (χ1n) is 7.80. The van der Waals surface area contributed by atoms with Gasteiger partial charge in [0, 0.05) is 17.5 Å². The average molecular weight is 350 g/mol. The molecule has 0 aliphatic carbocycles. The van der Waals surface area contributed by atoms with Gasteiger partial charge in [-0.3, -0.25) is 4.79 Å². The van der Waals surface area contributed by atoms with Gasteiger partial charge in [-0.05, 0) is 38.0 Å². The van der Waals surface area contributed by atoms with Gasteiger partial charge in [0.1, 0.15) is 11.8 Å². The molecule has 0 saturated heterocycles. The van der Waals surface area contributed by atoms with Crippen molar-refractivity contribution in [3.8, 4) is 0 Å². The number of hydrogen-bond donors (Lipinski definition) is 2. The normalized spacial score (nSPS) is 10.5. The maximum atomic E-state index is 11.4. The van der Waals surface area contributed by atoms with Crippen LogP contribution in [-0.2, 0) is 16.0 Å². The van der Waals surface area contributed by atoms with Crippen LogP contribution in [0.25, 0.3) is 0 Å². The molecular weight excluding hydrogens is 322 g/mol. The molecule has 1 atom stereocenters. The zero-order valence-corrected chi connectivity index (χ0v) is 15.9. The lowest BCUT2D eigenvalue weighted by atomic mass is 10.1. The largest absolute Gasteiger partial charge is 0.399 e. The number of benzene rings is 1. The molecule has 0 aliphatic rings. The molecule has 132 valence electrons. The molecule has 0 unspecified atom stereocenters. The molecule has 2 aromatic rings. The van der Waals surface area contributed by atoms with Crippen molar-refractivity contribution >= 4 is 29.7 Å². The second-order valence-corrected chi connectivity index (χ2v) is 6.13. The van der Waals surface area contributed by atoms with Gasteiger partial charge in [0.2, 0.25) is 5.91 Å². The summed E-state index contributed by atoms with van der Waals surface area (Å²) < 4.78 is 0. The number of anilines is 1. The SMILES string of the molecule is C=O.CC.CC(=O)N[C@@H](Cc1ccc(N)cc1)c1nc(C)c(C)s1. The molecular formula is C18H27N3O2S. The molecule has 1 aromatic heterocycles. The Morgan fingerprint density at radius 3 is 2.21 bits per heavy atom. The second-order valence-electron chi connectivity index (χ2n) is 4.89. The summed E-state index contributed by atoms with van der Waals surface area (Å²) in [7, 11) is 0. The number of carbonyl (C=O) groups excluding carboxylic acids is 2. The third-order valence-electron chi connectivity index (χ3n) is 3.14. The summed E-state index contributed by atoms with van der Waals surface area (Å²) >= 11 is 1.64. The molecule has 2 rings (SSSR count). The van der Waals surface area contributed by atoms with E-state index in [4.69, 9.17) is 10.5 Å². The number of hydrogen-bond acceptors (Lipinski definition) is 5. The first-order chi connectivity index (χ1) is 11.5. The highest BCUT2D eigenvalue weighted by atomic mass is 32.1. The molecule has 1 heterocycles. The minimum atomic E-state index is -0.0893. The van der Waals surface area contributed by atoms with Crippen LogP contribution in [0.15, 0.2) is 24.3 Å². The lowest BCUT2D eigenvalue weighted by Gasteiger charge is -2.15. The molecule has 0 spiro atoms. The number of thiazole rings is 1. The quantitative estimate of drug-likeness (QED) is 0.826. The Hall–Kier alpha value is -2.21. The Morgan fingerprint density at radius 2 is 1.79 bits per heavy atom. The fraction of sp³-hybridized carbons (Fsp3) is 0.389. The van der Waals surface area contributed by atoms with Crippen molar-refractivity contribution in [2.45, 2.75) is 47.1 Å². The van der Waals surface area contributed by atoms with E-state index in [0.717, 1.165) is 22.0 Å². The maximum absolute atomic E-state index is 11.4. The first kappa shape index (κ1) is 21.8. The molecule has 0 aliphatic heterocycles. The zero-order valence-electron chi connectivity index (χ0n) is 15.1. The van der Waals surface area contributed by atoms with Crippen LogP contribution < -0.4 is 11.1 Å². The molecule has 24 heavy (non-hydrogen) atoms. The molecule has 0 radical (unpaired) electrons. The minimum absolute atomic E-state index is 0.0454. The molecule has 6 heteroatoms. The van der Waals surface area contributed by atoms with Crippen LogP contribution in [0.2, 0.25) is 0 Å². The summed E-state index contributed by atoms with van der Waals surface area (Å²) in [6, 6.07) is 7.62. The van der Waals surface area contributed by atoms with Crippen molar-refractivity contribution in [3.63, 3.8) is 0 Å². The predicted octanol–water partition coefficient (Wildman–Crippen LogP) is 3.60. The zero-order chi connectivity index (χ0) is 18.7. The molecule has 5 nitrogen and oxygen atoms in total. The standard InChI is InChI=1S/C15H19N3OS.C2H6.CH2O/c1-9-10(2)20-15(17-9)14(18-11(3)19)8-12-4-6-13(16)7-5-12;2*1-2/h4-7,14H,8,16H2,1-3H3,(H,18,19);1-2H3;1H2/t14-;;/m0../s1. The summed E-state index contributed by atoms with van der Waals surface area (Å²) in [4.78, 5) is 25.2. The Balaban J connectivity index is 0.00000123. The average Bonchev–Trinajstić information content (AvgIpc) is 2.91. The van der Waals surface area contributed by atoms with Gasteiger partial charge in [0.15, 0.2) is 0 Å². The van der Waals surface area contributed by atoms with E-state index in [1.54, 1.807) is 11.3 Å². The lowest BCUT2D eigenvalue weighted by molar-refractivity contribution is -0.119. The summed E-state index contributed by atoms with van der Waals surface area (Å²) in [6.07, 6.45) is 0.715. The monoisotopic (exact) mass is 349 g/mol.